The lowest BCUT2D eigenvalue weighted by molar-refractivity contribution is 0.0734. The van der Waals surface area contributed by atoms with Gasteiger partial charge in [-0.25, -0.2) is 4.79 Å². The maximum Gasteiger partial charge on any atom is 0.343 e. The molecule has 0 bridgehead atoms. The van der Waals surface area contributed by atoms with Crippen LogP contribution in [0.5, 0.6) is 11.5 Å². The molecule has 0 saturated heterocycles. The molecule has 10 heteroatoms. The molecule has 4 rings (SSSR count). The number of aromatic nitrogens is 2. The number of methoxy groups -OCH3 is 1. The Kier molecular flexibility index (Phi) is 8.44. The van der Waals surface area contributed by atoms with Gasteiger partial charge in [-0.1, -0.05) is 34.8 Å². The number of fused-ring (bicyclic) bond motifs is 1. The molecule has 0 atom stereocenters. The minimum atomic E-state index is -0.709. The minimum absolute atomic E-state index is 0.0957. The van der Waals surface area contributed by atoms with Crippen LogP contribution in [0.15, 0.2) is 55.0 Å². The number of hydrogen-bond donors (Lipinski definition) is 0. The van der Waals surface area contributed by atoms with Crippen LogP contribution < -0.4 is 9.47 Å². The van der Waals surface area contributed by atoms with Crippen LogP contribution in [0, 0.1) is 0 Å². The Labute approximate surface area is 215 Å². The maximum absolute atomic E-state index is 13.1. The van der Waals surface area contributed by atoms with Crippen molar-refractivity contribution in [1.29, 1.82) is 0 Å². The fraction of sp³-hybridized carbons (Fsp3) is 0.125. The van der Waals surface area contributed by atoms with Crippen molar-refractivity contribution in [3.05, 3.63) is 86.7 Å². The van der Waals surface area contributed by atoms with Crippen LogP contribution in [0.4, 0.5) is 0 Å². The van der Waals surface area contributed by atoms with Gasteiger partial charge in [0.1, 0.15) is 5.75 Å². The van der Waals surface area contributed by atoms with E-state index in [0.29, 0.717) is 11.1 Å². The van der Waals surface area contributed by atoms with Gasteiger partial charge < -0.3 is 14.0 Å². The largest absolute Gasteiger partial charge is 0.494 e. The highest BCUT2D eigenvalue weighted by molar-refractivity contribution is 6.37. The van der Waals surface area contributed by atoms with Gasteiger partial charge in [0.15, 0.2) is 11.5 Å². The molecule has 2 heterocycles. The van der Waals surface area contributed by atoms with Gasteiger partial charge in [0.2, 0.25) is 0 Å². The molecular formula is C24H18Cl4N2O4. The zero-order chi connectivity index (χ0) is 25.0. The van der Waals surface area contributed by atoms with Crippen molar-refractivity contribution in [3.63, 3.8) is 0 Å². The molecule has 0 aliphatic heterocycles. The first-order chi connectivity index (χ1) is 16.3. The Morgan fingerprint density at radius 3 is 2.21 bits per heavy atom. The molecule has 4 aromatic rings. The van der Waals surface area contributed by atoms with Crippen LogP contribution in [-0.2, 0) is 7.05 Å². The van der Waals surface area contributed by atoms with E-state index in [2.05, 4.69) is 16.6 Å². The summed E-state index contributed by atoms with van der Waals surface area (Å²) in [5.74, 6) is -0.567. The Morgan fingerprint density at radius 2 is 1.59 bits per heavy atom. The topological polar surface area (TPSA) is 70.4 Å². The fourth-order valence-corrected chi connectivity index (χ4v) is 4.18. The molecule has 0 amide bonds. The van der Waals surface area contributed by atoms with E-state index in [1.54, 1.807) is 30.7 Å². The number of carbonyl (C=O) groups is 2. The minimum Gasteiger partial charge on any atom is -0.494 e. The number of rotatable bonds is 5. The summed E-state index contributed by atoms with van der Waals surface area (Å²) >= 11 is 23.1. The van der Waals surface area contributed by atoms with Crippen molar-refractivity contribution >= 4 is 69.1 Å². The summed E-state index contributed by atoms with van der Waals surface area (Å²) in [7, 11) is 3.26. The van der Waals surface area contributed by atoms with Crippen LogP contribution in [0.1, 0.15) is 26.3 Å². The number of pyridine rings is 1. The molecule has 2 aromatic heterocycles. The van der Waals surface area contributed by atoms with Crippen LogP contribution in [0.3, 0.4) is 0 Å². The summed E-state index contributed by atoms with van der Waals surface area (Å²) in [5.41, 5.74) is 1.84. The number of alkyl halides is 1. The fourth-order valence-electron chi connectivity index (χ4n) is 3.32. The Balaban J connectivity index is 0.00000158. The first kappa shape index (κ1) is 25.8. The monoisotopic (exact) mass is 538 g/mol. The van der Waals surface area contributed by atoms with Gasteiger partial charge >= 0.3 is 5.97 Å². The number of aryl methyl sites for hydroxylation is 1. The number of carbonyl (C=O) groups excluding carboxylic acids is 2. The van der Waals surface area contributed by atoms with Crippen molar-refractivity contribution in [1.82, 2.24) is 9.55 Å². The summed E-state index contributed by atoms with van der Waals surface area (Å²) in [6, 6.07) is 9.02. The lowest BCUT2D eigenvalue weighted by Gasteiger charge is -2.10. The number of ether oxygens (including phenoxy) is 2. The predicted molar refractivity (Wildman–Crippen MR) is 135 cm³/mol. The van der Waals surface area contributed by atoms with E-state index in [1.165, 1.54) is 37.8 Å². The van der Waals surface area contributed by atoms with E-state index < -0.39 is 5.97 Å². The van der Waals surface area contributed by atoms with E-state index in [4.69, 9.17) is 44.3 Å². The van der Waals surface area contributed by atoms with Crippen LogP contribution in [0.25, 0.3) is 10.9 Å². The van der Waals surface area contributed by atoms with Gasteiger partial charge in [0.25, 0.3) is 0 Å². The summed E-state index contributed by atoms with van der Waals surface area (Å²) in [4.78, 5) is 29.7. The maximum atomic E-state index is 13.1. The zero-order valence-corrected chi connectivity index (χ0v) is 21.3. The van der Waals surface area contributed by atoms with E-state index in [0.717, 1.165) is 10.9 Å². The molecule has 34 heavy (non-hydrogen) atoms. The smallest absolute Gasteiger partial charge is 0.343 e. The summed E-state index contributed by atoms with van der Waals surface area (Å²) in [6.45, 7) is 0. The van der Waals surface area contributed by atoms with Gasteiger partial charge in [0.05, 0.1) is 39.5 Å². The molecule has 6 nitrogen and oxygen atoms in total. The van der Waals surface area contributed by atoms with E-state index in [-0.39, 0.29) is 37.9 Å². The van der Waals surface area contributed by atoms with Gasteiger partial charge in [-0.3, -0.25) is 9.78 Å². The van der Waals surface area contributed by atoms with E-state index >= 15 is 0 Å². The summed E-state index contributed by atoms with van der Waals surface area (Å²) in [6.07, 6.45) is 6.54. The molecular weight excluding hydrogens is 522 g/mol. The lowest BCUT2D eigenvalue weighted by Crippen LogP contribution is -2.10. The Hall–Kier alpha value is -2.77. The van der Waals surface area contributed by atoms with Gasteiger partial charge in [-0.15, -0.1) is 11.6 Å². The highest BCUT2D eigenvalue weighted by Crippen LogP contribution is 2.35. The average Bonchev–Trinajstić information content (AvgIpc) is 3.17. The number of hydrogen-bond acceptors (Lipinski definition) is 5. The van der Waals surface area contributed by atoms with Crippen molar-refractivity contribution in [2.45, 2.75) is 0 Å². The zero-order valence-electron chi connectivity index (χ0n) is 18.2. The SMILES string of the molecule is CCl.COc1c(Cl)cc(C(=O)Oc2ccc(C(=O)c3cn(C)c4cnccc34)cc2Cl)cc1Cl. The number of ketones is 1. The third kappa shape index (κ3) is 5.15. The molecule has 176 valence electrons. The van der Waals surface area contributed by atoms with Crippen LogP contribution in [-0.4, -0.2) is 34.8 Å². The van der Waals surface area contributed by atoms with Crippen molar-refractivity contribution in [2.24, 2.45) is 7.05 Å². The molecule has 0 aliphatic carbocycles. The first-order valence-corrected chi connectivity index (χ1v) is 11.6. The quantitative estimate of drug-likeness (QED) is 0.120. The second-order valence-electron chi connectivity index (χ2n) is 6.88. The number of benzene rings is 2. The first-order valence-electron chi connectivity index (χ1n) is 9.66. The normalized spacial score (nSPS) is 10.4. The summed E-state index contributed by atoms with van der Waals surface area (Å²) in [5, 5.41) is 1.23. The molecule has 0 aliphatic rings. The lowest BCUT2D eigenvalue weighted by atomic mass is 10.0. The molecule has 2 aromatic carbocycles. The summed E-state index contributed by atoms with van der Waals surface area (Å²) < 4.78 is 12.3. The van der Waals surface area contributed by atoms with E-state index in [9.17, 15) is 9.59 Å². The van der Waals surface area contributed by atoms with Gasteiger partial charge in [-0.05, 0) is 36.4 Å². The molecule has 0 N–H and O–H groups in total. The highest BCUT2D eigenvalue weighted by atomic mass is 35.5. The van der Waals surface area contributed by atoms with Gasteiger partial charge in [-0.2, -0.15) is 0 Å². The van der Waals surface area contributed by atoms with Crippen LogP contribution >= 0.6 is 46.4 Å². The standard InChI is InChI=1S/C23H15Cl3N2O4.CH3Cl/c1-28-11-15(14-5-6-27-10-19(14)28)21(29)12-3-4-20(16(24)7-12)32-23(30)13-8-17(25)22(31-2)18(26)9-13;1-2/h3-11H,1-2H3;1H3. The third-order valence-electron chi connectivity index (χ3n) is 4.87. The second kappa shape index (κ2) is 11.1. The number of halogens is 4. The van der Waals surface area contributed by atoms with Crippen molar-refractivity contribution < 1.29 is 19.1 Å². The molecule has 0 saturated carbocycles. The van der Waals surface area contributed by atoms with Crippen LogP contribution in [0.2, 0.25) is 15.1 Å². The Bertz CT molecular complexity index is 1360. The third-order valence-corrected chi connectivity index (χ3v) is 5.73. The average molecular weight is 540 g/mol. The van der Waals surface area contributed by atoms with Crippen molar-refractivity contribution in [3.8, 4) is 11.5 Å². The number of nitrogens with zero attached hydrogens (tertiary/aromatic N) is 2. The molecule has 0 fully saturated rings. The molecule has 0 unspecified atom stereocenters. The van der Waals surface area contributed by atoms with E-state index in [1.807, 2.05) is 11.6 Å². The second-order valence-corrected chi connectivity index (χ2v) is 8.11. The molecule has 0 radical (unpaired) electrons. The molecule has 0 spiro atoms. The number of esters is 1. The Morgan fingerprint density at radius 1 is 0.941 bits per heavy atom. The van der Waals surface area contributed by atoms with Gasteiger partial charge in [0, 0.05) is 42.3 Å². The highest BCUT2D eigenvalue weighted by Gasteiger charge is 2.19. The van der Waals surface area contributed by atoms with Crippen molar-refractivity contribution in [2.75, 3.05) is 13.5 Å². The predicted octanol–water partition coefficient (Wildman–Crippen LogP) is 6.85.